The van der Waals surface area contributed by atoms with Gasteiger partial charge in [-0.25, -0.2) is 0 Å². The smallest absolute Gasteiger partial charge is 0.241 e. The first kappa shape index (κ1) is 8.75. The molecule has 1 atom stereocenters. The van der Waals surface area contributed by atoms with Crippen molar-refractivity contribution in [3.63, 3.8) is 0 Å². The number of hydrogen-bond donors (Lipinski definition) is 1. The van der Waals surface area contributed by atoms with Crippen molar-refractivity contribution < 1.29 is 4.79 Å². The Morgan fingerprint density at radius 3 is 3.00 bits per heavy atom. The molecule has 2 rings (SSSR count). The Labute approximate surface area is 78.8 Å². The van der Waals surface area contributed by atoms with Gasteiger partial charge in [0.15, 0.2) is 0 Å². The fourth-order valence-corrected chi connectivity index (χ4v) is 2.11. The lowest BCUT2D eigenvalue weighted by atomic mass is 10.2. The van der Waals surface area contributed by atoms with Crippen LogP contribution in [-0.4, -0.2) is 29.9 Å². The maximum absolute atomic E-state index is 11.7. The third-order valence-corrected chi connectivity index (χ3v) is 3.06. The number of carbonyl (C=O) groups is 1. The molecule has 0 bridgehead atoms. The Bertz CT molecular complexity index is 270. The predicted octanol–water partition coefficient (Wildman–Crippen LogP) is 0.874. The quantitative estimate of drug-likeness (QED) is 0.600. The fourth-order valence-electron chi connectivity index (χ4n) is 2.11. The molecular formula is C10H16N2O. The van der Waals surface area contributed by atoms with Gasteiger partial charge in [-0.1, -0.05) is 0 Å². The first-order valence-electron chi connectivity index (χ1n) is 4.90. The van der Waals surface area contributed by atoms with Crippen molar-refractivity contribution in [2.24, 2.45) is 0 Å². The second kappa shape index (κ2) is 3.14. The van der Waals surface area contributed by atoms with Crippen LogP contribution in [0.1, 0.15) is 26.7 Å². The van der Waals surface area contributed by atoms with Crippen LogP contribution >= 0.6 is 0 Å². The summed E-state index contributed by atoms with van der Waals surface area (Å²) in [5, 5.41) is 2.96. The van der Waals surface area contributed by atoms with Gasteiger partial charge in [-0.05, 0) is 38.8 Å². The summed E-state index contributed by atoms with van der Waals surface area (Å²) in [6.07, 6.45) is 2.18. The van der Waals surface area contributed by atoms with Crippen molar-refractivity contribution in [3.8, 4) is 0 Å². The van der Waals surface area contributed by atoms with Crippen molar-refractivity contribution in [1.29, 1.82) is 0 Å². The summed E-state index contributed by atoms with van der Waals surface area (Å²) in [7, 11) is 0. The molecule has 72 valence electrons. The largest absolute Gasteiger partial charge is 0.329 e. The Balaban J connectivity index is 2.24. The highest BCUT2D eigenvalue weighted by Gasteiger charge is 2.32. The zero-order chi connectivity index (χ0) is 9.42. The summed E-state index contributed by atoms with van der Waals surface area (Å²) in [6, 6.07) is 0.132. The molecule has 1 amide bonds. The highest BCUT2D eigenvalue weighted by atomic mass is 16.2. The second-order valence-corrected chi connectivity index (χ2v) is 4.02. The number of fused-ring (bicyclic) bond motifs is 1. The van der Waals surface area contributed by atoms with Crippen molar-refractivity contribution in [3.05, 3.63) is 11.3 Å². The molecule has 1 fully saturated rings. The van der Waals surface area contributed by atoms with Gasteiger partial charge in [0.2, 0.25) is 5.91 Å². The summed E-state index contributed by atoms with van der Waals surface area (Å²) in [6.45, 7) is 6.10. The molecule has 2 aliphatic rings. The van der Waals surface area contributed by atoms with Gasteiger partial charge in [-0.15, -0.1) is 0 Å². The van der Waals surface area contributed by atoms with E-state index in [1.165, 1.54) is 5.57 Å². The SMILES string of the molecule is CC1=C(C)NC(=O)[C@H]2CCCN2C1. The number of rotatable bonds is 0. The molecule has 0 saturated carbocycles. The van der Waals surface area contributed by atoms with Gasteiger partial charge in [0.25, 0.3) is 0 Å². The molecule has 0 aromatic carbocycles. The average Bonchev–Trinajstić information content (AvgIpc) is 2.48. The van der Waals surface area contributed by atoms with Crippen molar-refractivity contribution >= 4 is 5.91 Å². The maximum Gasteiger partial charge on any atom is 0.241 e. The van der Waals surface area contributed by atoms with Crippen LogP contribution in [0.2, 0.25) is 0 Å². The monoisotopic (exact) mass is 180 g/mol. The van der Waals surface area contributed by atoms with Gasteiger partial charge in [-0.2, -0.15) is 0 Å². The summed E-state index contributed by atoms with van der Waals surface area (Å²) >= 11 is 0. The van der Waals surface area contributed by atoms with Crippen LogP contribution in [0.4, 0.5) is 0 Å². The molecule has 2 aliphatic heterocycles. The van der Waals surface area contributed by atoms with Crippen molar-refractivity contribution in [1.82, 2.24) is 10.2 Å². The van der Waals surface area contributed by atoms with Gasteiger partial charge >= 0.3 is 0 Å². The number of nitrogens with zero attached hydrogens (tertiary/aromatic N) is 1. The molecule has 0 spiro atoms. The molecule has 0 unspecified atom stereocenters. The van der Waals surface area contributed by atoms with Crippen molar-refractivity contribution in [2.75, 3.05) is 13.1 Å². The maximum atomic E-state index is 11.7. The van der Waals surface area contributed by atoms with E-state index in [1.54, 1.807) is 0 Å². The zero-order valence-corrected chi connectivity index (χ0v) is 8.26. The van der Waals surface area contributed by atoms with E-state index in [1.807, 2.05) is 6.92 Å². The molecule has 3 nitrogen and oxygen atoms in total. The number of nitrogens with one attached hydrogen (secondary N) is 1. The van der Waals surface area contributed by atoms with E-state index >= 15 is 0 Å². The number of carbonyl (C=O) groups excluding carboxylic acids is 1. The molecule has 0 aromatic rings. The average molecular weight is 180 g/mol. The molecular weight excluding hydrogens is 164 g/mol. The Morgan fingerprint density at radius 1 is 1.46 bits per heavy atom. The van der Waals surface area contributed by atoms with Crippen LogP contribution in [0.25, 0.3) is 0 Å². The molecule has 0 aliphatic carbocycles. The van der Waals surface area contributed by atoms with Crippen LogP contribution < -0.4 is 5.32 Å². The first-order chi connectivity index (χ1) is 6.18. The molecule has 1 N–H and O–H groups in total. The van der Waals surface area contributed by atoms with E-state index in [-0.39, 0.29) is 11.9 Å². The van der Waals surface area contributed by atoms with Crippen molar-refractivity contribution in [2.45, 2.75) is 32.7 Å². The van der Waals surface area contributed by atoms with E-state index < -0.39 is 0 Å². The molecule has 0 aromatic heterocycles. The van der Waals surface area contributed by atoms with Crippen LogP contribution in [0.3, 0.4) is 0 Å². The molecule has 1 saturated heterocycles. The molecule has 13 heavy (non-hydrogen) atoms. The summed E-state index contributed by atoms with van der Waals surface area (Å²) in [4.78, 5) is 13.9. The van der Waals surface area contributed by atoms with Gasteiger partial charge < -0.3 is 5.32 Å². The highest BCUT2D eigenvalue weighted by molar-refractivity contribution is 5.84. The fraction of sp³-hybridized carbons (Fsp3) is 0.700. The standard InChI is InChI=1S/C10H16N2O/c1-7-6-12-5-3-4-9(12)10(13)11-8(7)2/h9H,3-6H2,1-2H3,(H,11,13)/t9-/m1/s1. The molecule has 3 heteroatoms. The Kier molecular flexibility index (Phi) is 2.12. The number of amides is 1. The number of hydrogen-bond acceptors (Lipinski definition) is 2. The zero-order valence-electron chi connectivity index (χ0n) is 8.26. The van der Waals surface area contributed by atoms with E-state index in [4.69, 9.17) is 0 Å². The van der Waals surface area contributed by atoms with E-state index in [0.717, 1.165) is 31.6 Å². The first-order valence-corrected chi connectivity index (χ1v) is 4.90. The minimum Gasteiger partial charge on any atom is -0.329 e. The summed E-state index contributed by atoms with van der Waals surface area (Å²) in [5.74, 6) is 0.187. The predicted molar refractivity (Wildman–Crippen MR) is 51.1 cm³/mol. The second-order valence-electron chi connectivity index (χ2n) is 4.02. The summed E-state index contributed by atoms with van der Waals surface area (Å²) in [5.41, 5.74) is 2.33. The molecule has 0 radical (unpaired) electrons. The lowest BCUT2D eigenvalue weighted by Gasteiger charge is -2.19. The van der Waals surface area contributed by atoms with Gasteiger partial charge in [-0.3, -0.25) is 9.69 Å². The van der Waals surface area contributed by atoms with Gasteiger partial charge in [0, 0.05) is 12.2 Å². The van der Waals surface area contributed by atoms with Crippen LogP contribution in [-0.2, 0) is 4.79 Å². The summed E-state index contributed by atoms with van der Waals surface area (Å²) < 4.78 is 0. The molecule has 2 heterocycles. The lowest BCUT2D eigenvalue weighted by Crippen LogP contribution is -2.40. The lowest BCUT2D eigenvalue weighted by molar-refractivity contribution is -0.124. The van der Waals surface area contributed by atoms with Crippen LogP contribution in [0.15, 0.2) is 11.3 Å². The Hall–Kier alpha value is -0.830. The number of allylic oxidation sites excluding steroid dienone is 1. The van der Waals surface area contributed by atoms with Gasteiger partial charge in [0.1, 0.15) is 0 Å². The third-order valence-electron chi connectivity index (χ3n) is 3.06. The Morgan fingerprint density at radius 2 is 2.23 bits per heavy atom. The van der Waals surface area contributed by atoms with Gasteiger partial charge in [0.05, 0.1) is 6.04 Å². The minimum absolute atomic E-state index is 0.132. The highest BCUT2D eigenvalue weighted by Crippen LogP contribution is 2.21. The topological polar surface area (TPSA) is 32.3 Å². The van der Waals surface area contributed by atoms with Crippen LogP contribution in [0, 0.1) is 0 Å². The minimum atomic E-state index is 0.132. The third kappa shape index (κ3) is 1.48. The van der Waals surface area contributed by atoms with E-state index in [2.05, 4.69) is 17.1 Å². The van der Waals surface area contributed by atoms with Crippen LogP contribution in [0.5, 0.6) is 0 Å². The van der Waals surface area contributed by atoms with E-state index in [9.17, 15) is 4.79 Å². The van der Waals surface area contributed by atoms with E-state index in [0.29, 0.717) is 0 Å². The normalized spacial score (nSPS) is 30.0.